The zero-order valence-electron chi connectivity index (χ0n) is 8.51. The van der Waals surface area contributed by atoms with Gasteiger partial charge in [0.05, 0.1) is 13.5 Å². The Morgan fingerprint density at radius 1 is 1.62 bits per heavy atom. The van der Waals surface area contributed by atoms with Crippen LogP contribution >= 0.6 is 0 Å². The Balaban J connectivity index is 2.41. The van der Waals surface area contributed by atoms with Gasteiger partial charge < -0.3 is 4.74 Å². The fraction of sp³-hybridized carbons (Fsp3) is 0.727. The van der Waals surface area contributed by atoms with Crippen LogP contribution in [-0.4, -0.2) is 13.1 Å². The van der Waals surface area contributed by atoms with E-state index < -0.39 is 0 Å². The van der Waals surface area contributed by atoms with Crippen LogP contribution in [0.3, 0.4) is 0 Å². The third-order valence-corrected chi connectivity index (χ3v) is 2.66. The van der Waals surface area contributed by atoms with Gasteiger partial charge in [-0.2, -0.15) is 0 Å². The molecule has 0 spiro atoms. The van der Waals surface area contributed by atoms with Gasteiger partial charge in [0.2, 0.25) is 0 Å². The summed E-state index contributed by atoms with van der Waals surface area (Å²) in [6, 6.07) is 0. The van der Waals surface area contributed by atoms with E-state index in [9.17, 15) is 4.79 Å². The number of hydrogen-bond acceptors (Lipinski definition) is 2. The summed E-state index contributed by atoms with van der Waals surface area (Å²) in [6.07, 6.45) is 7.74. The molecule has 0 aromatic rings. The molecule has 2 nitrogen and oxygen atoms in total. The largest absolute Gasteiger partial charge is 0.469 e. The predicted molar refractivity (Wildman–Crippen MR) is 52.3 cm³/mol. The van der Waals surface area contributed by atoms with Gasteiger partial charge in [0, 0.05) is 0 Å². The highest BCUT2D eigenvalue weighted by molar-refractivity contribution is 5.69. The van der Waals surface area contributed by atoms with E-state index in [1.807, 2.05) is 0 Å². The Morgan fingerprint density at radius 2 is 2.38 bits per heavy atom. The van der Waals surface area contributed by atoms with Crippen LogP contribution in [0.1, 0.15) is 39.0 Å². The van der Waals surface area contributed by atoms with Crippen molar-refractivity contribution in [1.29, 1.82) is 0 Å². The lowest BCUT2D eigenvalue weighted by atomic mass is 9.88. The standard InChI is InChI=1S/C11H18O2/c1-9(8-11(12)13-2)10-6-4-3-5-7-10/h6,9H,3-5,7-8H2,1-2H3. The fourth-order valence-electron chi connectivity index (χ4n) is 1.77. The van der Waals surface area contributed by atoms with Gasteiger partial charge in [-0.1, -0.05) is 18.6 Å². The molecule has 0 bridgehead atoms. The summed E-state index contributed by atoms with van der Waals surface area (Å²) in [5.41, 5.74) is 1.44. The van der Waals surface area contributed by atoms with Gasteiger partial charge in [-0.15, -0.1) is 0 Å². The normalized spacial score (nSPS) is 19.1. The Bertz CT molecular complexity index is 206. The number of hydrogen-bond donors (Lipinski definition) is 0. The molecule has 1 rings (SSSR count). The second-order valence-electron chi connectivity index (χ2n) is 3.71. The van der Waals surface area contributed by atoms with Crippen molar-refractivity contribution in [2.45, 2.75) is 39.0 Å². The molecular weight excluding hydrogens is 164 g/mol. The van der Waals surface area contributed by atoms with Crippen molar-refractivity contribution in [2.75, 3.05) is 7.11 Å². The zero-order chi connectivity index (χ0) is 9.68. The van der Waals surface area contributed by atoms with E-state index >= 15 is 0 Å². The minimum atomic E-state index is -0.0982. The van der Waals surface area contributed by atoms with E-state index in [1.54, 1.807) is 0 Å². The number of methoxy groups -OCH3 is 1. The first kappa shape index (κ1) is 10.3. The first-order valence-electron chi connectivity index (χ1n) is 4.99. The molecule has 0 saturated heterocycles. The van der Waals surface area contributed by atoms with Crippen LogP contribution in [0.2, 0.25) is 0 Å². The molecule has 0 N–H and O–H groups in total. The molecule has 2 heteroatoms. The van der Waals surface area contributed by atoms with Crippen molar-refractivity contribution in [1.82, 2.24) is 0 Å². The molecular formula is C11H18O2. The lowest BCUT2D eigenvalue weighted by Gasteiger charge is -2.18. The lowest BCUT2D eigenvalue weighted by molar-refractivity contribution is -0.141. The van der Waals surface area contributed by atoms with Crippen molar-refractivity contribution < 1.29 is 9.53 Å². The monoisotopic (exact) mass is 182 g/mol. The summed E-state index contributed by atoms with van der Waals surface area (Å²) < 4.78 is 4.65. The first-order valence-corrected chi connectivity index (χ1v) is 4.99. The fourth-order valence-corrected chi connectivity index (χ4v) is 1.77. The topological polar surface area (TPSA) is 26.3 Å². The molecule has 0 amide bonds. The van der Waals surface area contributed by atoms with E-state index in [0.717, 1.165) is 6.42 Å². The molecule has 0 aromatic heterocycles. The molecule has 0 saturated carbocycles. The van der Waals surface area contributed by atoms with E-state index in [-0.39, 0.29) is 5.97 Å². The molecule has 0 aromatic carbocycles. The highest BCUT2D eigenvalue weighted by Gasteiger charge is 2.15. The maximum atomic E-state index is 11.0. The Morgan fingerprint density at radius 3 is 2.92 bits per heavy atom. The highest BCUT2D eigenvalue weighted by Crippen LogP contribution is 2.26. The van der Waals surface area contributed by atoms with Gasteiger partial charge >= 0.3 is 5.97 Å². The van der Waals surface area contributed by atoms with Gasteiger partial charge in [-0.25, -0.2) is 0 Å². The Hall–Kier alpha value is -0.790. The number of esters is 1. The van der Waals surface area contributed by atoms with Crippen molar-refractivity contribution >= 4 is 5.97 Å². The van der Waals surface area contributed by atoms with Crippen LogP contribution in [0.15, 0.2) is 11.6 Å². The lowest BCUT2D eigenvalue weighted by Crippen LogP contribution is -2.10. The van der Waals surface area contributed by atoms with E-state index in [4.69, 9.17) is 0 Å². The van der Waals surface area contributed by atoms with E-state index in [0.29, 0.717) is 12.3 Å². The minimum absolute atomic E-state index is 0.0982. The van der Waals surface area contributed by atoms with Gasteiger partial charge in [0.25, 0.3) is 0 Å². The molecule has 0 radical (unpaired) electrons. The third kappa shape index (κ3) is 3.21. The van der Waals surface area contributed by atoms with Crippen molar-refractivity contribution in [3.63, 3.8) is 0 Å². The summed E-state index contributed by atoms with van der Waals surface area (Å²) in [5.74, 6) is 0.270. The average molecular weight is 182 g/mol. The number of allylic oxidation sites excluding steroid dienone is 2. The van der Waals surface area contributed by atoms with Crippen LogP contribution in [0.4, 0.5) is 0 Å². The van der Waals surface area contributed by atoms with Gasteiger partial charge in [-0.3, -0.25) is 4.79 Å². The van der Waals surface area contributed by atoms with E-state index in [1.165, 1.54) is 31.9 Å². The van der Waals surface area contributed by atoms with Gasteiger partial charge in [-0.05, 0) is 31.6 Å². The predicted octanol–water partition coefficient (Wildman–Crippen LogP) is 2.69. The van der Waals surface area contributed by atoms with Crippen LogP contribution in [0.5, 0.6) is 0 Å². The molecule has 1 unspecified atom stereocenters. The molecule has 0 heterocycles. The van der Waals surface area contributed by atoms with E-state index in [2.05, 4.69) is 17.7 Å². The quantitative estimate of drug-likeness (QED) is 0.495. The van der Waals surface area contributed by atoms with Crippen LogP contribution in [0.25, 0.3) is 0 Å². The SMILES string of the molecule is COC(=O)CC(C)C1=CCCCC1. The summed E-state index contributed by atoms with van der Waals surface area (Å²) >= 11 is 0. The number of ether oxygens (including phenoxy) is 1. The summed E-state index contributed by atoms with van der Waals surface area (Å²) in [6.45, 7) is 2.11. The molecule has 1 atom stereocenters. The summed E-state index contributed by atoms with van der Waals surface area (Å²) in [7, 11) is 1.45. The van der Waals surface area contributed by atoms with Crippen molar-refractivity contribution in [3.05, 3.63) is 11.6 Å². The number of carbonyl (C=O) groups is 1. The second kappa shape index (κ2) is 5.05. The van der Waals surface area contributed by atoms with Crippen molar-refractivity contribution in [3.8, 4) is 0 Å². The van der Waals surface area contributed by atoms with Gasteiger partial charge in [0.15, 0.2) is 0 Å². The smallest absolute Gasteiger partial charge is 0.306 e. The Kier molecular flexibility index (Phi) is 4.00. The minimum Gasteiger partial charge on any atom is -0.469 e. The first-order chi connectivity index (χ1) is 6.24. The summed E-state index contributed by atoms with van der Waals surface area (Å²) in [5, 5.41) is 0. The molecule has 1 aliphatic rings. The Labute approximate surface area is 80.0 Å². The summed E-state index contributed by atoms with van der Waals surface area (Å²) in [4.78, 5) is 11.0. The maximum Gasteiger partial charge on any atom is 0.306 e. The molecule has 1 aliphatic carbocycles. The van der Waals surface area contributed by atoms with Crippen LogP contribution < -0.4 is 0 Å². The zero-order valence-corrected chi connectivity index (χ0v) is 8.51. The molecule has 0 aliphatic heterocycles. The molecule has 0 fully saturated rings. The molecule has 74 valence electrons. The van der Waals surface area contributed by atoms with Crippen molar-refractivity contribution in [2.24, 2.45) is 5.92 Å². The average Bonchev–Trinajstić information content (AvgIpc) is 2.19. The maximum absolute atomic E-state index is 11.0. The number of rotatable bonds is 3. The molecule has 13 heavy (non-hydrogen) atoms. The van der Waals surface area contributed by atoms with Gasteiger partial charge in [0.1, 0.15) is 0 Å². The number of carbonyl (C=O) groups excluding carboxylic acids is 1. The van der Waals surface area contributed by atoms with Crippen LogP contribution in [0, 0.1) is 5.92 Å². The third-order valence-electron chi connectivity index (χ3n) is 2.66. The van der Waals surface area contributed by atoms with Crippen LogP contribution in [-0.2, 0) is 9.53 Å². The highest BCUT2D eigenvalue weighted by atomic mass is 16.5. The second-order valence-corrected chi connectivity index (χ2v) is 3.71.